The first-order valence-electron chi connectivity index (χ1n) is 12.4. The highest BCUT2D eigenvalue weighted by Crippen LogP contribution is 2.50. The highest BCUT2D eigenvalue weighted by molar-refractivity contribution is 9.10. The number of ether oxygens (including phenoxy) is 3. The molecule has 0 spiro atoms. The van der Waals surface area contributed by atoms with Crippen LogP contribution in [-0.2, 0) is 39.4 Å². The molecular formula is C29H33BrO6. The van der Waals surface area contributed by atoms with Gasteiger partial charge in [-0.3, -0.25) is 9.59 Å². The lowest BCUT2D eigenvalue weighted by Crippen LogP contribution is -2.23. The van der Waals surface area contributed by atoms with Crippen LogP contribution in [0.15, 0.2) is 59.1 Å². The minimum absolute atomic E-state index is 0.0805. The third kappa shape index (κ3) is 6.64. The SMILES string of the molecule is CCOC(=O)/C=C/c1cccc(C2(C(=O)OCC)CC2)c1.CCOC(=O)C1(c2cccc(Br)c2)CC1. The fraction of sp³-hybridized carbons (Fsp3) is 0.414. The number of halogens is 1. The Labute approximate surface area is 221 Å². The number of carbonyl (C=O) groups excluding carboxylic acids is 3. The Morgan fingerprint density at radius 1 is 0.778 bits per heavy atom. The summed E-state index contributed by atoms with van der Waals surface area (Å²) in [5.41, 5.74) is 2.06. The molecule has 7 heteroatoms. The van der Waals surface area contributed by atoms with E-state index < -0.39 is 5.41 Å². The van der Waals surface area contributed by atoms with Crippen LogP contribution in [0.3, 0.4) is 0 Å². The van der Waals surface area contributed by atoms with E-state index in [-0.39, 0.29) is 23.3 Å². The van der Waals surface area contributed by atoms with Crippen LogP contribution < -0.4 is 0 Å². The van der Waals surface area contributed by atoms with Crippen molar-refractivity contribution in [2.24, 2.45) is 0 Å². The highest BCUT2D eigenvalue weighted by atomic mass is 79.9. The van der Waals surface area contributed by atoms with Gasteiger partial charge in [0.05, 0.1) is 30.7 Å². The minimum atomic E-state index is -0.482. The molecule has 2 aliphatic carbocycles. The molecule has 0 bridgehead atoms. The first kappa shape index (κ1) is 27.7. The van der Waals surface area contributed by atoms with Crippen molar-refractivity contribution in [3.05, 3.63) is 75.8 Å². The van der Waals surface area contributed by atoms with Gasteiger partial charge in [0.2, 0.25) is 0 Å². The molecule has 192 valence electrons. The molecule has 0 saturated heterocycles. The van der Waals surface area contributed by atoms with Crippen molar-refractivity contribution in [3.63, 3.8) is 0 Å². The Hall–Kier alpha value is -2.93. The second-order valence-corrected chi connectivity index (χ2v) is 9.74. The van der Waals surface area contributed by atoms with E-state index in [0.29, 0.717) is 19.8 Å². The van der Waals surface area contributed by atoms with Gasteiger partial charge in [-0.25, -0.2) is 4.79 Å². The molecule has 4 rings (SSSR count). The number of benzene rings is 2. The summed E-state index contributed by atoms with van der Waals surface area (Å²) in [7, 11) is 0. The largest absolute Gasteiger partial charge is 0.465 e. The third-order valence-corrected chi connectivity index (χ3v) is 6.84. The molecule has 2 fully saturated rings. The van der Waals surface area contributed by atoms with Gasteiger partial charge in [-0.15, -0.1) is 0 Å². The lowest BCUT2D eigenvalue weighted by atomic mass is 9.94. The molecular weight excluding hydrogens is 524 g/mol. The van der Waals surface area contributed by atoms with Crippen molar-refractivity contribution in [1.82, 2.24) is 0 Å². The molecule has 0 aromatic heterocycles. The van der Waals surface area contributed by atoms with Crippen LogP contribution in [0.5, 0.6) is 0 Å². The molecule has 0 N–H and O–H groups in total. The Morgan fingerprint density at radius 3 is 1.75 bits per heavy atom. The molecule has 0 unspecified atom stereocenters. The van der Waals surface area contributed by atoms with Crippen molar-refractivity contribution in [2.45, 2.75) is 57.3 Å². The first-order chi connectivity index (χ1) is 17.3. The van der Waals surface area contributed by atoms with Crippen LogP contribution in [0, 0.1) is 0 Å². The molecule has 6 nitrogen and oxygen atoms in total. The van der Waals surface area contributed by atoms with Crippen LogP contribution in [0.2, 0.25) is 0 Å². The summed E-state index contributed by atoms with van der Waals surface area (Å²) in [6, 6.07) is 15.6. The summed E-state index contributed by atoms with van der Waals surface area (Å²) < 4.78 is 16.1. The topological polar surface area (TPSA) is 78.9 Å². The second kappa shape index (κ2) is 12.3. The summed E-state index contributed by atoms with van der Waals surface area (Å²) in [5.74, 6) is -0.603. The summed E-state index contributed by atoms with van der Waals surface area (Å²) in [6.45, 7) is 6.62. The first-order valence-corrected chi connectivity index (χ1v) is 13.2. The van der Waals surface area contributed by atoms with Gasteiger partial charge in [0, 0.05) is 10.5 Å². The smallest absolute Gasteiger partial charge is 0.330 e. The lowest BCUT2D eigenvalue weighted by molar-refractivity contribution is -0.147. The third-order valence-electron chi connectivity index (χ3n) is 6.35. The van der Waals surface area contributed by atoms with E-state index in [1.807, 2.05) is 62.4 Å². The molecule has 36 heavy (non-hydrogen) atoms. The van der Waals surface area contributed by atoms with E-state index in [1.165, 1.54) is 6.08 Å². The fourth-order valence-corrected chi connectivity index (χ4v) is 4.49. The van der Waals surface area contributed by atoms with Gasteiger partial charge in [0.15, 0.2) is 0 Å². The standard InChI is InChI=1S/C17H20O4.C12H13BrO2/c1-3-20-15(18)9-8-13-6-5-7-14(12-13)17(10-11-17)16(19)21-4-2;1-2-15-11(14)12(6-7-12)9-4-3-5-10(13)8-9/h5-9,12H,3-4,10-11H2,1-2H3;3-5,8H,2,6-7H2,1H3/b9-8+;. The number of rotatable bonds is 9. The lowest BCUT2D eigenvalue weighted by Gasteiger charge is -2.14. The minimum Gasteiger partial charge on any atom is -0.465 e. The molecule has 0 atom stereocenters. The van der Waals surface area contributed by atoms with Crippen LogP contribution >= 0.6 is 15.9 Å². The maximum absolute atomic E-state index is 12.1. The van der Waals surface area contributed by atoms with Gasteiger partial charge in [0.1, 0.15) is 0 Å². The van der Waals surface area contributed by atoms with Crippen molar-refractivity contribution in [3.8, 4) is 0 Å². The van der Waals surface area contributed by atoms with E-state index in [4.69, 9.17) is 14.2 Å². The summed E-state index contributed by atoms with van der Waals surface area (Å²) in [5, 5.41) is 0. The van der Waals surface area contributed by atoms with Crippen molar-refractivity contribution < 1.29 is 28.6 Å². The Bertz CT molecular complexity index is 1110. The van der Waals surface area contributed by atoms with Crippen molar-refractivity contribution >= 4 is 39.9 Å². The van der Waals surface area contributed by atoms with Crippen molar-refractivity contribution in [2.75, 3.05) is 19.8 Å². The maximum Gasteiger partial charge on any atom is 0.330 e. The van der Waals surface area contributed by atoms with E-state index in [9.17, 15) is 14.4 Å². The molecule has 0 radical (unpaired) electrons. The molecule has 0 heterocycles. The van der Waals surface area contributed by atoms with E-state index in [2.05, 4.69) is 15.9 Å². The molecule has 2 aromatic rings. The van der Waals surface area contributed by atoms with Crippen LogP contribution in [0.25, 0.3) is 6.08 Å². The number of esters is 3. The van der Waals surface area contributed by atoms with Crippen LogP contribution in [0.1, 0.15) is 63.1 Å². The summed E-state index contributed by atoms with van der Waals surface area (Å²) in [4.78, 5) is 35.2. The Kier molecular flexibility index (Phi) is 9.49. The van der Waals surface area contributed by atoms with Gasteiger partial charge < -0.3 is 14.2 Å². The molecule has 2 saturated carbocycles. The Balaban J connectivity index is 0.000000212. The van der Waals surface area contributed by atoms with Gasteiger partial charge in [0.25, 0.3) is 0 Å². The van der Waals surface area contributed by atoms with E-state index >= 15 is 0 Å². The van der Waals surface area contributed by atoms with E-state index in [0.717, 1.165) is 46.8 Å². The van der Waals surface area contributed by atoms with Gasteiger partial charge >= 0.3 is 17.9 Å². The predicted molar refractivity (Wildman–Crippen MR) is 141 cm³/mol. The molecule has 2 aromatic carbocycles. The zero-order chi connectivity index (χ0) is 26.2. The zero-order valence-electron chi connectivity index (χ0n) is 21.1. The quantitative estimate of drug-likeness (QED) is 0.217. The normalized spacial score (nSPS) is 16.3. The van der Waals surface area contributed by atoms with Gasteiger partial charge in [-0.2, -0.15) is 0 Å². The average molecular weight is 557 g/mol. The van der Waals surface area contributed by atoms with Crippen molar-refractivity contribution in [1.29, 1.82) is 0 Å². The molecule has 0 aliphatic heterocycles. The average Bonchev–Trinajstić information content (AvgIpc) is 3.78. The summed E-state index contributed by atoms with van der Waals surface area (Å²) >= 11 is 3.42. The Morgan fingerprint density at radius 2 is 1.28 bits per heavy atom. The molecule has 2 aliphatic rings. The van der Waals surface area contributed by atoms with Gasteiger partial charge in [-0.05, 0) is 81.4 Å². The number of carbonyl (C=O) groups is 3. The fourth-order valence-electron chi connectivity index (χ4n) is 4.09. The predicted octanol–water partition coefficient (Wildman–Crippen LogP) is 5.90. The maximum atomic E-state index is 12.1. The van der Waals surface area contributed by atoms with Gasteiger partial charge in [-0.1, -0.05) is 52.3 Å². The monoisotopic (exact) mass is 556 g/mol. The molecule has 0 amide bonds. The van der Waals surface area contributed by atoms with Crippen LogP contribution in [-0.4, -0.2) is 37.7 Å². The second-order valence-electron chi connectivity index (χ2n) is 8.83. The van der Waals surface area contributed by atoms with E-state index in [1.54, 1.807) is 13.0 Å². The summed E-state index contributed by atoms with van der Waals surface area (Å²) in [6.07, 6.45) is 6.54. The number of hydrogen-bond acceptors (Lipinski definition) is 6. The van der Waals surface area contributed by atoms with Crippen LogP contribution in [0.4, 0.5) is 0 Å². The number of hydrogen-bond donors (Lipinski definition) is 0. The zero-order valence-corrected chi connectivity index (χ0v) is 22.6. The highest BCUT2D eigenvalue weighted by Gasteiger charge is 2.53.